The van der Waals surface area contributed by atoms with Crippen molar-refractivity contribution in [1.82, 2.24) is 5.32 Å². The Morgan fingerprint density at radius 2 is 1.95 bits per heavy atom. The van der Waals surface area contributed by atoms with Crippen LogP contribution in [-0.2, 0) is 0 Å². The Morgan fingerprint density at radius 1 is 1.37 bits per heavy atom. The molecule has 0 spiro atoms. The highest BCUT2D eigenvalue weighted by Crippen LogP contribution is 2.24. The van der Waals surface area contributed by atoms with Crippen molar-refractivity contribution in [2.75, 3.05) is 6.54 Å². The summed E-state index contributed by atoms with van der Waals surface area (Å²) < 4.78 is 13.3. The number of halogens is 3. The Balaban J connectivity index is 2.77. The van der Waals surface area contributed by atoms with Crippen LogP contribution in [0.15, 0.2) is 12.1 Å². The molecule has 0 bridgehead atoms. The van der Waals surface area contributed by atoms with Crippen molar-refractivity contribution in [3.05, 3.63) is 33.6 Å². The van der Waals surface area contributed by atoms with Gasteiger partial charge in [0.15, 0.2) is 0 Å². The van der Waals surface area contributed by atoms with Crippen molar-refractivity contribution in [3.8, 4) is 0 Å². The van der Waals surface area contributed by atoms with Gasteiger partial charge in [0.05, 0.1) is 21.7 Å². The third-order valence-corrected chi connectivity index (χ3v) is 3.31. The van der Waals surface area contributed by atoms with Crippen LogP contribution >= 0.6 is 23.2 Å². The van der Waals surface area contributed by atoms with Crippen LogP contribution in [0, 0.1) is 11.2 Å². The van der Waals surface area contributed by atoms with Gasteiger partial charge in [-0.2, -0.15) is 0 Å². The number of carbonyl (C=O) groups is 1. The number of aliphatic hydroxyl groups excluding tert-OH is 1. The molecule has 1 atom stereocenters. The lowest BCUT2D eigenvalue weighted by Crippen LogP contribution is -2.39. The smallest absolute Gasteiger partial charge is 0.252 e. The Hall–Kier alpha value is -0.840. The lowest BCUT2D eigenvalue weighted by molar-refractivity contribution is 0.0587. The largest absolute Gasteiger partial charge is 0.391 e. The van der Waals surface area contributed by atoms with Crippen molar-refractivity contribution < 1.29 is 14.3 Å². The van der Waals surface area contributed by atoms with Crippen LogP contribution in [0.5, 0.6) is 0 Å². The van der Waals surface area contributed by atoms with Crippen LogP contribution in [-0.4, -0.2) is 23.7 Å². The van der Waals surface area contributed by atoms with Gasteiger partial charge < -0.3 is 10.4 Å². The van der Waals surface area contributed by atoms with Crippen LogP contribution in [0.4, 0.5) is 4.39 Å². The summed E-state index contributed by atoms with van der Waals surface area (Å²) in [6, 6.07) is 2.15. The molecule has 0 fully saturated rings. The van der Waals surface area contributed by atoms with Gasteiger partial charge in [0.2, 0.25) is 0 Å². The van der Waals surface area contributed by atoms with Gasteiger partial charge in [0.1, 0.15) is 5.82 Å². The second-order valence-electron chi connectivity index (χ2n) is 5.34. The molecule has 1 amide bonds. The van der Waals surface area contributed by atoms with Crippen molar-refractivity contribution >= 4 is 29.1 Å². The van der Waals surface area contributed by atoms with Gasteiger partial charge in [0, 0.05) is 6.54 Å². The third kappa shape index (κ3) is 4.34. The molecule has 1 aromatic rings. The SMILES string of the molecule is CC(C)(C)C(O)CNC(=O)c1cc(F)c(Cl)cc1Cl. The Morgan fingerprint density at radius 3 is 2.47 bits per heavy atom. The molecule has 1 unspecified atom stereocenters. The lowest BCUT2D eigenvalue weighted by atomic mass is 9.89. The van der Waals surface area contributed by atoms with E-state index < -0.39 is 17.8 Å². The summed E-state index contributed by atoms with van der Waals surface area (Å²) in [6.45, 7) is 5.60. The number of hydrogen-bond acceptors (Lipinski definition) is 2. The maximum atomic E-state index is 13.3. The van der Waals surface area contributed by atoms with Gasteiger partial charge in [-0.05, 0) is 17.5 Å². The van der Waals surface area contributed by atoms with E-state index in [1.807, 2.05) is 20.8 Å². The molecule has 6 heteroatoms. The number of benzene rings is 1. The summed E-state index contributed by atoms with van der Waals surface area (Å²) in [7, 11) is 0. The fraction of sp³-hybridized carbons (Fsp3) is 0.462. The standard InChI is InChI=1S/C13H16Cl2FNO2/c1-13(2,3)11(18)6-17-12(19)7-4-10(16)9(15)5-8(7)14/h4-5,11,18H,6H2,1-3H3,(H,17,19). The predicted octanol–water partition coefficient (Wildman–Crippen LogP) is 3.27. The molecule has 0 aliphatic heterocycles. The van der Waals surface area contributed by atoms with E-state index in [1.165, 1.54) is 6.07 Å². The van der Waals surface area contributed by atoms with Crippen LogP contribution in [0.25, 0.3) is 0 Å². The Kier molecular flexibility index (Phi) is 5.18. The van der Waals surface area contributed by atoms with Gasteiger partial charge in [-0.3, -0.25) is 4.79 Å². The zero-order valence-corrected chi connectivity index (χ0v) is 12.4. The first-order chi connectivity index (χ1) is 8.62. The lowest BCUT2D eigenvalue weighted by Gasteiger charge is -2.25. The van der Waals surface area contributed by atoms with Crippen molar-refractivity contribution in [2.45, 2.75) is 26.9 Å². The average molecular weight is 308 g/mol. The zero-order chi connectivity index (χ0) is 14.8. The summed E-state index contributed by atoms with van der Waals surface area (Å²) in [5, 5.41) is 12.2. The highest BCUT2D eigenvalue weighted by atomic mass is 35.5. The second kappa shape index (κ2) is 6.07. The Labute approximate surface area is 121 Å². The van der Waals surface area contributed by atoms with E-state index in [0.717, 1.165) is 6.07 Å². The first-order valence-corrected chi connectivity index (χ1v) is 6.49. The summed E-state index contributed by atoms with van der Waals surface area (Å²) in [5.74, 6) is -1.27. The molecule has 0 aliphatic carbocycles. The molecule has 0 saturated heterocycles. The predicted molar refractivity (Wildman–Crippen MR) is 74.2 cm³/mol. The molecule has 0 aliphatic rings. The van der Waals surface area contributed by atoms with E-state index in [0.29, 0.717) is 0 Å². The minimum Gasteiger partial charge on any atom is -0.391 e. The van der Waals surface area contributed by atoms with E-state index in [-0.39, 0.29) is 27.6 Å². The summed E-state index contributed by atoms with van der Waals surface area (Å²) in [5.41, 5.74) is -0.368. The first kappa shape index (κ1) is 16.2. The number of amides is 1. The average Bonchev–Trinajstić information content (AvgIpc) is 2.29. The molecule has 106 valence electrons. The fourth-order valence-electron chi connectivity index (χ4n) is 1.29. The first-order valence-electron chi connectivity index (χ1n) is 5.73. The van der Waals surface area contributed by atoms with E-state index >= 15 is 0 Å². The van der Waals surface area contributed by atoms with E-state index in [4.69, 9.17) is 23.2 Å². The summed E-state index contributed by atoms with van der Waals surface area (Å²) in [6.07, 6.45) is -0.715. The second-order valence-corrected chi connectivity index (χ2v) is 6.15. The minimum absolute atomic E-state index is 0.00956. The number of hydrogen-bond donors (Lipinski definition) is 2. The molecule has 0 aromatic heterocycles. The zero-order valence-electron chi connectivity index (χ0n) is 10.9. The number of carbonyl (C=O) groups excluding carboxylic acids is 1. The van der Waals surface area contributed by atoms with Crippen LogP contribution < -0.4 is 5.32 Å². The van der Waals surface area contributed by atoms with Crippen LogP contribution in [0.2, 0.25) is 10.0 Å². The molecular weight excluding hydrogens is 292 g/mol. The molecule has 0 heterocycles. The fourth-order valence-corrected chi connectivity index (χ4v) is 1.76. The number of nitrogens with one attached hydrogen (secondary N) is 1. The monoisotopic (exact) mass is 307 g/mol. The van der Waals surface area contributed by atoms with Gasteiger partial charge in [-0.15, -0.1) is 0 Å². The topological polar surface area (TPSA) is 49.3 Å². The molecular formula is C13H16Cl2FNO2. The molecule has 0 radical (unpaired) electrons. The number of aliphatic hydroxyl groups is 1. The van der Waals surface area contributed by atoms with Crippen molar-refractivity contribution in [1.29, 1.82) is 0 Å². The Bertz CT molecular complexity index is 486. The maximum absolute atomic E-state index is 13.3. The van der Waals surface area contributed by atoms with Crippen molar-refractivity contribution in [3.63, 3.8) is 0 Å². The van der Waals surface area contributed by atoms with Gasteiger partial charge >= 0.3 is 0 Å². The van der Waals surface area contributed by atoms with Gasteiger partial charge in [-0.1, -0.05) is 44.0 Å². The molecule has 2 N–H and O–H groups in total. The molecule has 1 rings (SSSR count). The molecule has 19 heavy (non-hydrogen) atoms. The number of rotatable bonds is 3. The summed E-state index contributed by atoms with van der Waals surface area (Å²) in [4.78, 5) is 11.8. The van der Waals surface area contributed by atoms with Gasteiger partial charge in [-0.25, -0.2) is 4.39 Å². The molecule has 3 nitrogen and oxygen atoms in total. The maximum Gasteiger partial charge on any atom is 0.252 e. The molecule has 0 saturated carbocycles. The van der Waals surface area contributed by atoms with Crippen LogP contribution in [0.3, 0.4) is 0 Å². The van der Waals surface area contributed by atoms with E-state index in [9.17, 15) is 14.3 Å². The highest BCUT2D eigenvalue weighted by Gasteiger charge is 2.23. The van der Waals surface area contributed by atoms with Crippen LogP contribution in [0.1, 0.15) is 31.1 Å². The summed E-state index contributed by atoms with van der Waals surface area (Å²) >= 11 is 11.4. The highest BCUT2D eigenvalue weighted by molar-refractivity contribution is 6.36. The van der Waals surface area contributed by atoms with Crippen molar-refractivity contribution in [2.24, 2.45) is 5.41 Å². The van der Waals surface area contributed by atoms with E-state index in [1.54, 1.807) is 0 Å². The van der Waals surface area contributed by atoms with E-state index in [2.05, 4.69) is 5.32 Å². The van der Waals surface area contributed by atoms with Gasteiger partial charge in [0.25, 0.3) is 5.91 Å². The third-order valence-electron chi connectivity index (χ3n) is 2.71. The normalized spacial score (nSPS) is 13.2. The quantitative estimate of drug-likeness (QED) is 0.842. The molecule has 1 aromatic carbocycles. The minimum atomic E-state index is -0.715.